The molecule has 242 valence electrons. The number of esters is 1. The summed E-state index contributed by atoms with van der Waals surface area (Å²) in [6, 6.07) is 8.44. The van der Waals surface area contributed by atoms with Gasteiger partial charge < -0.3 is 28.9 Å². The summed E-state index contributed by atoms with van der Waals surface area (Å²) in [5, 5.41) is 14.5. The number of benzene rings is 2. The van der Waals surface area contributed by atoms with E-state index in [1.54, 1.807) is 20.8 Å². The van der Waals surface area contributed by atoms with Crippen LogP contribution in [0.3, 0.4) is 0 Å². The highest BCUT2D eigenvalue weighted by Crippen LogP contribution is 2.38. The maximum absolute atomic E-state index is 13.5. The van der Waals surface area contributed by atoms with Gasteiger partial charge in [-0.1, -0.05) is 29.3 Å². The maximum Gasteiger partial charge on any atom is 0.412 e. The monoisotopic (exact) mass is 668 g/mol. The number of halogens is 4. The van der Waals surface area contributed by atoms with Crippen LogP contribution in [0.25, 0.3) is 0 Å². The number of amides is 1. The Morgan fingerprint density at radius 2 is 1.71 bits per heavy atom. The number of aromatic nitrogens is 1. The number of hydrogen-bond acceptors (Lipinski definition) is 8. The predicted octanol–water partition coefficient (Wildman–Crippen LogP) is 7.51. The lowest BCUT2D eigenvalue weighted by molar-refractivity contribution is -0.605. The molecular formula is C31H32Cl2F2N2O8. The van der Waals surface area contributed by atoms with E-state index in [1.807, 2.05) is 0 Å². The van der Waals surface area contributed by atoms with Crippen LogP contribution in [-0.4, -0.2) is 38.0 Å². The minimum Gasteiger partial charge on any atom is -0.619 e. The summed E-state index contributed by atoms with van der Waals surface area (Å²) in [7, 11) is 1.40. The Bertz CT molecular complexity index is 1520. The highest BCUT2D eigenvalue weighted by atomic mass is 35.5. The number of carbonyl (C=O) groups is 2. The van der Waals surface area contributed by atoms with Crippen LogP contribution < -0.4 is 24.3 Å². The van der Waals surface area contributed by atoms with E-state index >= 15 is 0 Å². The second-order valence-corrected chi connectivity index (χ2v) is 12.1. The van der Waals surface area contributed by atoms with Gasteiger partial charge in [-0.2, -0.15) is 13.5 Å². The standard InChI is InChI=1S/C31H32Cl2F2N2O8/c1-31(2,3)45-30(39)36-23-11-19(8-9-24(23)41-4)28(38)43-26(13-20-21(32)14-37(40)15-22(20)33)18-7-10-25(44-29(34)35)27(12-18)42-16-17-5-6-17/h7-12,14-15,17,26,29H,5-6,13,16H2,1-4H3,(H,36,39)/t26-/m0/s1. The second kappa shape index (κ2) is 14.4. The van der Waals surface area contributed by atoms with Crippen LogP contribution >= 0.6 is 23.2 Å². The molecule has 10 nitrogen and oxygen atoms in total. The smallest absolute Gasteiger partial charge is 0.412 e. The molecule has 4 rings (SSSR count). The molecule has 1 atom stereocenters. The molecule has 2 aromatic carbocycles. The fraction of sp³-hybridized carbons (Fsp3) is 0.387. The molecule has 0 bridgehead atoms. The molecule has 1 saturated carbocycles. The Kier molecular flexibility index (Phi) is 10.8. The second-order valence-electron chi connectivity index (χ2n) is 11.3. The molecule has 1 amide bonds. The van der Waals surface area contributed by atoms with Gasteiger partial charge in [0.15, 0.2) is 23.9 Å². The number of carbonyl (C=O) groups excluding carboxylic acids is 2. The largest absolute Gasteiger partial charge is 0.619 e. The third kappa shape index (κ3) is 9.73. The van der Waals surface area contributed by atoms with Crippen molar-refractivity contribution >= 4 is 41.0 Å². The van der Waals surface area contributed by atoms with Crippen molar-refractivity contribution in [2.45, 2.75) is 58.4 Å². The molecule has 1 aliphatic rings. The van der Waals surface area contributed by atoms with Gasteiger partial charge in [-0.3, -0.25) is 5.32 Å². The summed E-state index contributed by atoms with van der Waals surface area (Å²) < 4.78 is 53.7. The van der Waals surface area contributed by atoms with Gasteiger partial charge in [0.25, 0.3) is 0 Å². The first kappa shape index (κ1) is 33.9. The summed E-state index contributed by atoms with van der Waals surface area (Å²) in [6.45, 7) is 2.31. The Hall–Kier alpha value is -4.03. The number of nitrogens with zero attached hydrogens (tertiary/aromatic N) is 1. The Morgan fingerprint density at radius 1 is 1.04 bits per heavy atom. The van der Waals surface area contributed by atoms with Crippen LogP contribution in [0.5, 0.6) is 17.2 Å². The number of ether oxygens (including phenoxy) is 5. The van der Waals surface area contributed by atoms with Crippen molar-refractivity contribution in [2.75, 3.05) is 19.0 Å². The fourth-order valence-corrected chi connectivity index (χ4v) is 4.80. The van der Waals surface area contributed by atoms with Crippen molar-refractivity contribution in [1.29, 1.82) is 0 Å². The normalized spacial score (nSPS) is 13.6. The van der Waals surface area contributed by atoms with E-state index in [1.165, 1.54) is 43.5 Å². The van der Waals surface area contributed by atoms with E-state index < -0.39 is 30.4 Å². The van der Waals surface area contributed by atoms with E-state index in [2.05, 4.69) is 10.1 Å². The number of rotatable bonds is 12. The van der Waals surface area contributed by atoms with Crippen molar-refractivity contribution in [3.63, 3.8) is 0 Å². The minimum absolute atomic E-state index is 0.0229. The highest BCUT2D eigenvalue weighted by molar-refractivity contribution is 6.35. The van der Waals surface area contributed by atoms with E-state index in [-0.39, 0.29) is 45.0 Å². The molecule has 45 heavy (non-hydrogen) atoms. The first-order valence-corrected chi connectivity index (χ1v) is 14.6. The third-order valence-electron chi connectivity index (χ3n) is 6.49. The van der Waals surface area contributed by atoms with Crippen molar-refractivity contribution < 1.29 is 46.8 Å². The molecular weight excluding hydrogens is 637 g/mol. The number of nitrogens with one attached hydrogen (secondary N) is 1. The van der Waals surface area contributed by atoms with Crippen molar-refractivity contribution in [2.24, 2.45) is 5.92 Å². The number of pyridine rings is 1. The van der Waals surface area contributed by atoms with Gasteiger partial charge in [-0.15, -0.1) is 0 Å². The molecule has 0 radical (unpaired) electrons. The zero-order chi connectivity index (χ0) is 32.9. The van der Waals surface area contributed by atoms with Crippen LogP contribution in [0, 0.1) is 11.1 Å². The molecule has 0 aliphatic heterocycles. The number of anilines is 1. The quantitative estimate of drug-likeness (QED) is 0.120. The lowest BCUT2D eigenvalue weighted by atomic mass is 10.0. The van der Waals surface area contributed by atoms with Crippen molar-refractivity contribution in [1.82, 2.24) is 0 Å². The van der Waals surface area contributed by atoms with Gasteiger partial charge in [-0.05, 0) is 75.4 Å². The molecule has 1 aliphatic carbocycles. The molecule has 0 saturated heterocycles. The van der Waals surface area contributed by atoms with Gasteiger partial charge in [-0.25, -0.2) is 9.59 Å². The SMILES string of the molecule is COc1ccc(C(=O)O[C@@H](Cc2c(Cl)c[n+]([O-])cc2Cl)c2ccc(OC(F)F)c(OCC3CC3)c2)cc1NC(=O)OC(C)(C)C. The van der Waals surface area contributed by atoms with Gasteiger partial charge in [0.05, 0.1) is 25.0 Å². The Labute approximate surface area is 268 Å². The molecule has 3 aromatic rings. The lowest BCUT2D eigenvalue weighted by Gasteiger charge is -2.22. The van der Waals surface area contributed by atoms with Crippen LogP contribution in [0.15, 0.2) is 48.8 Å². The first-order valence-electron chi connectivity index (χ1n) is 13.9. The van der Waals surface area contributed by atoms with Crippen LogP contribution in [0.2, 0.25) is 10.0 Å². The molecule has 14 heteroatoms. The van der Waals surface area contributed by atoms with E-state index in [9.17, 15) is 23.6 Å². The van der Waals surface area contributed by atoms with E-state index in [0.717, 1.165) is 25.2 Å². The minimum atomic E-state index is -3.09. The summed E-state index contributed by atoms with van der Waals surface area (Å²) >= 11 is 12.7. The van der Waals surface area contributed by atoms with Crippen molar-refractivity contribution in [3.05, 3.63) is 80.7 Å². The van der Waals surface area contributed by atoms with Gasteiger partial charge in [0, 0.05) is 12.0 Å². The Morgan fingerprint density at radius 3 is 2.31 bits per heavy atom. The molecule has 1 N–H and O–H groups in total. The average Bonchev–Trinajstić information content (AvgIpc) is 3.77. The number of alkyl halides is 2. The average molecular weight is 670 g/mol. The summed E-state index contributed by atoms with van der Waals surface area (Å²) in [4.78, 5) is 26.0. The summed E-state index contributed by atoms with van der Waals surface area (Å²) in [5.74, 6) is -0.395. The molecule has 1 heterocycles. The van der Waals surface area contributed by atoms with Gasteiger partial charge in [0.2, 0.25) is 0 Å². The van der Waals surface area contributed by atoms with Crippen molar-refractivity contribution in [3.8, 4) is 17.2 Å². The van der Waals surface area contributed by atoms with E-state index in [4.69, 9.17) is 42.1 Å². The molecule has 1 aromatic heterocycles. The predicted molar refractivity (Wildman–Crippen MR) is 161 cm³/mol. The van der Waals surface area contributed by atoms with Crippen LogP contribution in [0.4, 0.5) is 19.3 Å². The fourth-order valence-electron chi connectivity index (χ4n) is 4.21. The molecule has 1 fully saturated rings. The Balaban J connectivity index is 1.68. The summed E-state index contributed by atoms with van der Waals surface area (Å²) in [5.41, 5.74) is 0.0679. The number of hydrogen-bond donors (Lipinski definition) is 1. The first-order chi connectivity index (χ1) is 21.2. The molecule has 0 spiro atoms. The van der Waals surface area contributed by atoms with Crippen LogP contribution in [-0.2, 0) is 15.9 Å². The molecule has 0 unspecified atom stereocenters. The van der Waals surface area contributed by atoms with E-state index in [0.29, 0.717) is 28.4 Å². The van der Waals surface area contributed by atoms with Gasteiger partial charge in [0.1, 0.15) is 27.5 Å². The zero-order valence-electron chi connectivity index (χ0n) is 24.9. The summed E-state index contributed by atoms with van der Waals surface area (Å²) in [6.07, 6.45) is 2.17. The van der Waals surface area contributed by atoms with Gasteiger partial charge >= 0.3 is 18.7 Å². The zero-order valence-corrected chi connectivity index (χ0v) is 26.4. The maximum atomic E-state index is 13.5. The third-order valence-corrected chi connectivity index (χ3v) is 7.15. The van der Waals surface area contributed by atoms with Crippen LogP contribution in [0.1, 0.15) is 61.2 Å². The lowest BCUT2D eigenvalue weighted by Crippen LogP contribution is -2.27. The topological polar surface area (TPSA) is 119 Å². The number of methoxy groups -OCH3 is 1. The highest BCUT2D eigenvalue weighted by Gasteiger charge is 2.27.